The number of ether oxygens (including phenoxy) is 3. The molecule has 0 N–H and O–H groups in total. The van der Waals surface area contributed by atoms with E-state index < -0.39 is 17.4 Å². The summed E-state index contributed by atoms with van der Waals surface area (Å²) >= 11 is 0. The van der Waals surface area contributed by atoms with Crippen molar-refractivity contribution in [3.63, 3.8) is 0 Å². The monoisotopic (exact) mass is 366 g/mol. The van der Waals surface area contributed by atoms with Crippen LogP contribution in [-0.2, 0) is 15.9 Å². The predicted octanol–water partition coefficient (Wildman–Crippen LogP) is 5.18. The Hall–Kier alpha value is -1.46. The maximum atomic E-state index is 14.4. The van der Waals surface area contributed by atoms with Gasteiger partial charge in [0.25, 0.3) is 0 Å². The van der Waals surface area contributed by atoms with Crippen LogP contribution in [0, 0.1) is 17.6 Å². The van der Waals surface area contributed by atoms with Gasteiger partial charge >= 0.3 is 0 Å². The molecule has 1 fully saturated rings. The minimum atomic E-state index is -0.492. The molecular formula is C21H28F2O3. The van der Waals surface area contributed by atoms with Crippen LogP contribution >= 0.6 is 0 Å². The molecule has 3 rings (SSSR count). The van der Waals surface area contributed by atoms with E-state index in [-0.39, 0.29) is 11.7 Å². The molecule has 1 atom stereocenters. The molecule has 0 saturated carbocycles. The van der Waals surface area contributed by atoms with Gasteiger partial charge in [0.2, 0.25) is 0 Å². The van der Waals surface area contributed by atoms with Crippen LogP contribution in [0.2, 0.25) is 0 Å². The van der Waals surface area contributed by atoms with Crippen LogP contribution in [-0.4, -0.2) is 25.6 Å². The van der Waals surface area contributed by atoms with E-state index in [1.807, 2.05) is 6.92 Å². The van der Waals surface area contributed by atoms with Crippen LogP contribution in [0.3, 0.4) is 0 Å². The van der Waals surface area contributed by atoms with Gasteiger partial charge in [0.05, 0.1) is 19.8 Å². The van der Waals surface area contributed by atoms with Crippen molar-refractivity contribution in [1.29, 1.82) is 0 Å². The van der Waals surface area contributed by atoms with Crippen molar-refractivity contribution < 1.29 is 23.0 Å². The van der Waals surface area contributed by atoms with E-state index in [1.54, 1.807) is 0 Å². The predicted molar refractivity (Wildman–Crippen MR) is 96.2 cm³/mol. The average Bonchev–Trinajstić information content (AvgIpc) is 3.07. The molecule has 0 aromatic heterocycles. The molecule has 0 amide bonds. The van der Waals surface area contributed by atoms with E-state index in [2.05, 4.69) is 13.0 Å². The SMILES string of the molecule is CCCCOc1cc(F)c(CC(C)C2=CCC3(CC2)OCCO3)cc1F. The molecule has 144 valence electrons. The third kappa shape index (κ3) is 4.44. The Morgan fingerprint density at radius 1 is 1.19 bits per heavy atom. The quantitative estimate of drug-likeness (QED) is 0.492. The topological polar surface area (TPSA) is 27.7 Å². The van der Waals surface area contributed by atoms with Crippen molar-refractivity contribution in [3.05, 3.63) is 41.0 Å². The summed E-state index contributed by atoms with van der Waals surface area (Å²) in [6, 6.07) is 2.46. The molecule has 1 spiro atoms. The van der Waals surface area contributed by atoms with E-state index in [0.717, 1.165) is 32.1 Å². The minimum absolute atomic E-state index is 0.00158. The number of allylic oxidation sites excluding steroid dienone is 1. The molecule has 1 aromatic rings. The summed E-state index contributed by atoms with van der Waals surface area (Å²) in [4.78, 5) is 0. The zero-order valence-corrected chi connectivity index (χ0v) is 15.7. The van der Waals surface area contributed by atoms with E-state index in [0.29, 0.717) is 31.8 Å². The molecule has 1 aromatic carbocycles. The van der Waals surface area contributed by atoms with Crippen LogP contribution in [0.15, 0.2) is 23.8 Å². The molecule has 0 bridgehead atoms. The Labute approximate surface area is 154 Å². The lowest BCUT2D eigenvalue weighted by atomic mass is 9.84. The van der Waals surface area contributed by atoms with E-state index in [9.17, 15) is 8.78 Å². The summed E-state index contributed by atoms with van der Waals surface area (Å²) in [6.07, 6.45) is 6.81. The van der Waals surface area contributed by atoms with Gasteiger partial charge in [-0.15, -0.1) is 0 Å². The second-order valence-electron chi connectivity index (χ2n) is 7.27. The first-order valence-electron chi connectivity index (χ1n) is 9.60. The smallest absolute Gasteiger partial charge is 0.172 e. The lowest BCUT2D eigenvalue weighted by Gasteiger charge is -2.32. The van der Waals surface area contributed by atoms with Crippen LogP contribution in [0.5, 0.6) is 5.75 Å². The molecule has 1 heterocycles. The fourth-order valence-corrected chi connectivity index (χ4v) is 3.66. The Bertz CT molecular complexity index is 651. The number of hydrogen-bond acceptors (Lipinski definition) is 3. The lowest BCUT2D eigenvalue weighted by molar-refractivity contribution is -0.161. The van der Waals surface area contributed by atoms with E-state index >= 15 is 0 Å². The highest BCUT2D eigenvalue weighted by Gasteiger charge is 2.38. The summed E-state index contributed by atoms with van der Waals surface area (Å²) in [7, 11) is 0. The molecule has 5 heteroatoms. The summed E-state index contributed by atoms with van der Waals surface area (Å²) in [5, 5.41) is 0. The van der Waals surface area contributed by atoms with Gasteiger partial charge in [0.1, 0.15) is 5.82 Å². The number of halogens is 2. The Morgan fingerprint density at radius 3 is 2.62 bits per heavy atom. The van der Waals surface area contributed by atoms with Crippen LogP contribution in [0.4, 0.5) is 8.78 Å². The highest BCUT2D eigenvalue weighted by molar-refractivity contribution is 5.32. The zero-order chi connectivity index (χ0) is 18.6. The summed E-state index contributed by atoms with van der Waals surface area (Å²) < 4.78 is 45.4. The lowest BCUT2D eigenvalue weighted by Crippen LogP contribution is -2.32. The third-order valence-corrected chi connectivity index (χ3v) is 5.30. The van der Waals surface area contributed by atoms with Gasteiger partial charge in [0.15, 0.2) is 17.4 Å². The van der Waals surface area contributed by atoms with Crippen molar-refractivity contribution in [2.75, 3.05) is 19.8 Å². The standard InChI is InChI=1S/C21H28F2O3/c1-3-4-9-24-20-14-18(22)17(13-19(20)23)12-15(2)16-5-7-21(8-6-16)25-10-11-26-21/h5,13-15H,3-4,6-12H2,1-2H3. The fourth-order valence-electron chi connectivity index (χ4n) is 3.66. The molecule has 3 nitrogen and oxygen atoms in total. The first kappa shape index (κ1) is 19.3. The Kier molecular flexibility index (Phi) is 6.30. The molecule has 1 aliphatic heterocycles. The fraction of sp³-hybridized carbons (Fsp3) is 0.619. The maximum absolute atomic E-state index is 14.4. The number of benzene rings is 1. The van der Waals surface area contributed by atoms with Crippen molar-refractivity contribution >= 4 is 0 Å². The van der Waals surface area contributed by atoms with Gasteiger partial charge in [0, 0.05) is 18.9 Å². The van der Waals surface area contributed by atoms with Crippen molar-refractivity contribution in [1.82, 2.24) is 0 Å². The van der Waals surface area contributed by atoms with Gasteiger partial charge < -0.3 is 14.2 Å². The summed E-state index contributed by atoms with van der Waals surface area (Å²) in [6.45, 7) is 5.79. The number of rotatable bonds is 7. The normalized spacial score (nSPS) is 20.2. The molecule has 0 radical (unpaired) electrons. The molecule has 1 saturated heterocycles. The first-order chi connectivity index (χ1) is 12.5. The highest BCUT2D eigenvalue weighted by atomic mass is 19.1. The zero-order valence-electron chi connectivity index (χ0n) is 15.7. The summed E-state index contributed by atoms with van der Waals surface area (Å²) in [5.41, 5.74) is 1.66. The van der Waals surface area contributed by atoms with Gasteiger partial charge in [-0.05, 0) is 36.8 Å². The summed E-state index contributed by atoms with van der Waals surface area (Å²) in [5.74, 6) is -1.19. The highest BCUT2D eigenvalue weighted by Crippen LogP contribution is 2.38. The molecule has 2 aliphatic rings. The second kappa shape index (κ2) is 8.49. The Balaban J connectivity index is 1.63. The first-order valence-corrected chi connectivity index (χ1v) is 9.60. The van der Waals surface area contributed by atoms with Crippen molar-refractivity contribution in [2.24, 2.45) is 5.92 Å². The molecule has 1 unspecified atom stereocenters. The van der Waals surface area contributed by atoms with E-state index in [1.165, 1.54) is 17.7 Å². The maximum Gasteiger partial charge on any atom is 0.172 e. The van der Waals surface area contributed by atoms with Crippen molar-refractivity contribution in [2.45, 2.75) is 58.2 Å². The van der Waals surface area contributed by atoms with Gasteiger partial charge in [-0.25, -0.2) is 8.78 Å². The third-order valence-electron chi connectivity index (χ3n) is 5.30. The van der Waals surface area contributed by atoms with E-state index in [4.69, 9.17) is 14.2 Å². The minimum Gasteiger partial charge on any atom is -0.490 e. The van der Waals surface area contributed by atoms with Gasteiger partial charge in [-0.2, -0.15) is 0 Å². The van der Waals surface area contributed by atoms with Crippen LogP contribution in [0.1, 0.15) is 51.5 Å². The van der Waals surface area contributed by atoms with Crippen LogP contribution < -0.4 is 4.74 Å². The second-order valence-corrected chi connectivity index (χ2v) is 7.27. The molecule has 26 heavy (non-hydrogen) atoms. The average molecular weight is 366 g/mol. The molecular weight excluding hydrogens is 338 g/mol. The number of hydrogen-bond donors (Lipinski definition) is 0. The Morgan fingerprint density at radius 2 is 1.96 bits per heavy atom. The number of unbranched alkanes of at least 4 members (excludes halogenated alkanes) is 1. The molecule has 1 aliphatic carbocycles. The van der Waals surface area contributed by atoms with Crippen LogP contribution in [0.25, 0.3) is 0 Å². The van der Waals surface area contributed by atoms with Gasteiger partial charge in [-0.1, -0.05) is 31.9 Å². The van der Waals surface area contributed by atoms with Gasteiger partial charge in [-0.3, -0.25) is 0 Å². The van der Waals surface area contributed by atoms with Crippen molar-refractivity contribution in [3.8, 4) is 5.75 Å². The largest absolute Gasteiger partial charge is 0.490 e.